The molecule has 110 valence electrons. The van der Waals surface area contributed by atoms with E-state index >= 15 is 0 Å². The zero-order valence-corrected chi connectivity index (χ0v) is 11.8. The second-order valence-electron chi connectivity index (χ2n) is 5.22. The number of aryl methyl sites for hydroxylation is 1. The van der Waals surface area contributed by atoms with Crippen molar-refractivity contribution in [2.75, 3.05) is 6.54 Å². The minimum atomic E-state index is -0.706. The van der Waals surface area contributed by atoms with Gasteiger partial charge in [0, 0.05) is 25.2 Å². The average Bonchev–Trinajstić information content (AvgIpc) is 3.09. The first-order chi connectivity index (χ1) is 10.1. The number of rotatable bonds is 4. The van der Waals surface area contributed by atoms with Crippen LogP contribution >= 0.6 is 0 Å². The SMILES string of the molecule is Cn1cc(C(N)C(=O)NCC2Cc3ccccc3O2)cn1. The number of hydrogen-bond acceptors (Lipinski definition) is 4. The van der Waals surface area contributed by atoms with Gasteiger partial charge in [0.05, 0.1) is 12.7 Å². The molecule has 3 N–H and O–H groups in total. The Balaban J connectivity index is 1.53. The number of nitrogens with zero attached hydrogens (tertiary/aromatic N) is 2. The Bertz CT molecular complexity index is 628. The number of ether oxygens (including phenoxy) is 1. The Hall–Kier alpha value is -2.34. The van der Waals surface area contributed by atoms with E-state index < -0.39 is 6.04 Å². The predicted octanol–water partition coefficient (Wildman–Crippen LogP) is 0.540. The van der Waals surface area contributed by atoms with Crippen molar-refractivity contribution >= 4 is 5.91 Å². The maximum atomic E-state index is 12.1. The minimum Gasteiger partial charge on any atom is -0.488 e. The fourth-order valence-electron chi connectivity index (χ4n) is 2.44. The number of carbonyl (C=O) groups excluding carboxylic acids is 1. The molecule has 1 aromatic heterocycles. The molecule has 0 fully saturated rings. The van der Waals surface area contributed by atoms with E-state index in [2.05, 4.69) is 10.4 Å². The average molecular weight is 286 g/mol. The van der Waals surface area contributed by atoms with Crippen LogP contribution in [-0.4, -0.2) is 28.3 Å². The molecule has 0 saturated heterocycles. The van der Waals surface area contributed by atoms with E-state index in [-0.39, 0.29) is 12.0 Å². The van der Waals surface area contributed by atoms with Crippen LogP contribution in [0.5, 0.6) is 5.75 Å². The van der Waals surface area contributed by atoms with E-state index in [1.807, 2.05) is 24.3 Å². The van der Waals surface area contributed by atoms with Gasteiger partial charge in [0.25, 0.3) is 0 Å². The standard InChI is InChI=1S/C15H18N4O2/c1-19-9-11(7-18-19)14(16)15(20)17-8-12-6-10-4-2-3-5-13(10)21-12/h2-5,7,9,12,14H,6,8,16H2,1H3,(H,17,20). The summed E-state index contributed by atoms with van der Waals surface area (Å²) in [6.07, 6.45) is 4.11. The van der Waals surface area contributed by atoms with Crippen LogP contribution in [0.25, 0.3) is 0 Å². The van der Waals surface area contributed by atoms with E-state index in [9.17, 15) is 4.79 Å². The first-order valence-electron chi connectivity index (χ1n) is 6.90. The van der Waals surface area contributed by atoms with E-state index in [4.69, 9.17) is 10.5 Å². The summed E-state index contributed by atoms with van der Waals surface area (Å²) in [5.41, 5.74) is 7.79. The number of benzene rings is 1. The molecule has 6 nitrogen and oxygen atoms in total. The lowest BCUT2D eigenvalue weighted by Gasteiger charge is -2.14. The molecule has 1 aliphatic rings. The second kappa shape index (κ2) is 5.57. The maximum absolute atomic E-state index is 12.1. The summed E-state index contributed by atoms with van der Waals surface area (Å²) in [4.78, 5) is 12.1. The van der Waals surface area contributed by atoms with Gasteiger partial charge >= 0.3 is 0 Å². The van der Waals surface area contributed by atoms with Crippen LogP contribution in [0.2, 0.25) is 0 Å². The second-order valence-corrected chi connectivity index (χ2v) is 5.22. The summed E-state index contributed by atoms with van der Waals surface area (Å²) < 4.78 is 7.40. The maximum Gasteiger partial charge on any atom is 0.241 e. The Kier molecular flexibility index (Phi) is 3.62. The molecular weight excluding hydrogens is 268 g/mol. The number of nitrogens with one attached hydrogen (secondary N) is 1. The number of amides is 1. The molecule has 0 spiro atoms. The third-order valence-corrected chi connectivity index (χ3v) is 3.58. The summed E-state index contributed by atoms with van der Waals surface area (Å²) in [7, 11) is 1.79. The lowest BCUT2D eigenvalue weighted by atomic mass is 10.1. The number of para-hydroxylation sites is 1. The molecule has 1 aliphatic heterocycles. The Morgan fingerprint density at radius 2 is 2.38 bits per heavy atom. The normalized spacial score (nSPS) is 17.9. The van der Waals surface area contributed by atoms with Gasteiger partial charge in [-0.05, 0) is 11.6 Å². The molecular formula is C15H18N4O2. The van der Waals surface area contributed by atoms with Crippen molar-refractivity contribution in [2.45, 2.75) is 18.6 Å². The minimum absolute atomic E-state index is 0.0348. The predicted molar refractivity (Wildman–Crippen MR) is 77.7 cm³/mol. The zero-order valence-electron chi connectivity index (χ0n) is 11.8. The van der Waals surface area contributed by atoms with Crippen LogP contribution < -0.4 is 15.8 Å². The molecule has 2 aromatic rings. The van der Waals surface area contributed by atoms with Crippen molar-refractivity contribution in [1.82, 2.24) is 15.1 Å². The third kappa shape index (κ3) is 2.90. The highest BCUT2D eigenvalue weighted by molar-refractivity contribution is 5.82. The highest BCUT2D eigenvalue weighted by atomic mass is 16.5. The third-order valence-electron chi connectivity index (χ3n) is 3.58. The van der Waals surface area contributed by atoms with Crippen LogP contribution in [0.3, 0.4) is 0 Å². The number of hydrogen-bond donors (Lipinski definition) is 2. The van der Waals surface area contributed by atoms with Crippen LogP contribution in [0, 0.1) is 0 Å². The molecule has 0 bridgehead atoms. The van der Waals surface area contributed by atoms with Gasteiger partial charge in [0.2, 0.25) is 5.91 Å². The summed E-state index contributed by atoms with van der Waals surface area (Å²) in [6, 6.07) is 7.21. The van der Waals surface area contributed by atoms with Crippen LogP contribution in [0.1, 0.15) is 17.2 Å². The first-order valence-corrected chi connectivity index (χ1v) is 6.90. The van der Waals surface area contributed by atoms with Crippen molar-refractivity contribution in [3.05, 3.63) is 47.8 Å². The van der Waals surface area contributed by atoms with E-state index in [1.165, 1.54) is 5.56 Å². The number of carbonyl (C=O) groups is 1. The summed E-state index contributed by atoms with van der Waals surface area (Å²) in [6.45, 7) is 0.446. The molecule has 1 aromatic carbocycles. The monoisotopic (exact) mass is 286 g/mol. The molecule has 21 heavy (non-hydrogen) atoms. The van der Waals surface area contributed by atoms with E-state index in [1.54, 1.807) is 24.1 Å². The van der Waals surface area contributed by atoms with E-state index in [0.717, 1.165) is 12.2 Å². The fourth-order valence-corrected chi connectivity index (χ4v) is 2.44. The van der Waals surface area contributed by atoms with Crippen molar-refractivity contribution in [2.24, 2.45) is 12.8 Å². The quantitative estimate of drug-likeness (QED) is 0.859. The molecule has 2 atom stereocenters. The Labute approximate surface area is 122 Å². The van der Waals surface area contributed by atoms with Gasteiger partial charge in [-0.25, -0.2) is 0 Å². The van der Waals surface area contributed by atoms with E-state index in [0.29, 0.717) is 12.1 Å². The van der Waals surface area contributed by atoms with Crippen molar-refractivity contribution in [3.63, 3.8) is 0 Å². The Morgan fingerprint density at radius 3 is 3.10 bits per heavy atom. The van der Waals surface area contributed by atoms with Crippen LogP contribution in [0.4, 0.5) is 0 Å². The van der Waals surface area contributed by atoms with Crippen molar-refractivity contribution < 1.29 is 9.53 Å². The Morgan fingerprint density at radius 1 is 1.57 bits per heavy atom. The van der Waals surface area contributed by atoms with Crippen molar-refractivity contribution in [1.29, 1.82) is 0 Å². The zero-order chi connectivity index (χ0) is 14.8. The number of aromatic nitrogens is 2. The van der Waals surface area contributed by atoms with Crippen LogP contribution in [0.15, 0.2) is 36.7 Å². The number of nitrogens with two attached hydrogens (primary N) is 1. The smallest absolute Gasteiger partial charge is 0.241 e. The summed E-state index contributed by atoms with van der Waals surface area (Å²) in [5, 5.41) is 6.86. The molecule has 2 unspecified atom stereocenters. The van der Waals surface area contributed by atoms with Gasteiger partial charge < -0.3 is 15.8 Å². The van der Waals surface area contributed by atoms with Gasteiger partial charge in [-0.3, -0.25) is 9.48 Å². The van der Waals surface area contributed by atoms with Gasteiger partial charge in [0.1, 0.15) is 17.9 Å². The lowest BCUT2D eigenvalue weighted by molar-refractivity contribution is -0.122. The molecule has 6 heteroatoms. The van der Waals surface area contributed by atoms with Gasteiger partial charge in [-0.2, -0.15) is 5.10 Å². The number of fused-ring (bicyclic) bond motifs is 1. The molecule has 2 heterocycles. The topological polar surface area (TPSA) is 82.2 Å². The molecule has 0 radical (unpaired) electrons. The highest BCUT2D eigenvalue weighted by Crippen LogP contribution is 2.27. The van der Waals surface area contributed by atoms with Crippen molar-refractivity contribution in [3.8, 4) is 5.75 Å². The molecule has 0 aliphatic carbocycles. The van der Waals surface area contributed by atoms with Gasteiger partial charge in [-0.1, -0.05) is 18.2 Å². The molecule has 1 amide bonds. The first kappa shape index (κ1) is 13.6. The van der Waals surface area contributed by atoms with Gasteiger partial charge in [0.15, 0.2) is 0 Å². The molecule has 0 saturated carbocycles. The lowest BCUT2D eigenvalue weighted by Crippen LogP contribution is -2.39. The van der Waals surface area contributed by atoms with Gasteiger partial charge in [-0.15, -0.1) is 0 Å². The summed E-state index contributed by atoms with van der Waals surface area (Å²) in [5.74, 6) is 0.677. The summed E-state index contributed by atoms with van der Waals surface area (Å²) >= 11 is 0. The molecule has 3 rings (SSSR count). The largest absolute Gasteiger partial charge is 0.488 e. The van der Waals surface area contributed by atoms with Crippen LogP contribution in [-0.2, 0) is 18.3 Å². The highest BCUT2D eigenvalue weighted by Gasteiger charge is 2.24. The fraction of sp³-hybridized carbons (Fsp3) is 0.333.